The molecule has 2 N–H and O–H groups in total. The third kappa shape index (κ3) is 3.66. The predicted octanol–water partition coefficient (Wildman–Crippen LogP) is 2.83. The van der Waals surface area contributed by atoms with E-state index in [0.717, 1.165) is 24.8 Å². The SMILES string of the molecule is N[C@@H]1CCC(OCc2cccc(F)c2)C(Cl)C1. The van der Waals surface area contributed by atoms with Crippen molar-refractivity contribution < 1.29 is 9.13 Å². The van der Waals surface area contributed by atoms with E-state index >= 15 is 0 Å². The molecule has 0 aliphatic heterocycles. The summed E-state index contributed by atoms with van der Waals surface area (Å²) < 4.78 is 18.7. The molecule has 0 radical (unpaired) electrons. The first-order valence-corrected chi connectivity index (χ1v) is 6.34. The Kier molecular flexibility index (Phi) is 4.37. The second-order valence-corrected chi connectivity index (χ2v) is 5.13. The molecule has 0 spiro atoms. The summed E-state index contributed by atoms with van der Waals surface area (Å²) in [6.45, 7) is 0.404. The van der Waals surface area contributed by atoms with Crippen molar-refractivity contribution in [3.8, 4) is 0 Å². The summed E-state index contributed by atoms with van der Waals surface area (Å²) in [7, 11) is 0. The van der Waals surface area contributed by atoms with E-state index in [1.807, 2.05) is 6.07 Å². The van der Waals surface area contributed by atoms with Crippen molar-refractivity contribution in [3.05, 3.63) is 35.6 Å². The van der Waals surface area contributed by atoms with E-state index in [1.54, 1.807) is 6.07 Å². The van der Waals surface area contributed by atoms with Crippen molar-refractivity contribution in [2.24, 2.45) is 5.73 Å². The Morgan fingerprint density at radius 3 is 2.94 bits per heavy atom. The molecule has 3 atom stereocenters. The van der Waals surface area contributed by atoms with Gasteiger partial charge >= 0.3 is 0 Å². The summed E-state index contributed by atoms with van der Waals surface area (Å²) in [6, 6.07) is 6.63. The average molecular weight is 258 g/mol. The van der Waals surface area contributed by atoms with E-state index in [-0.39, 0.29) is 23.3 Å². The van der Waals surface area contributed by atoms with E-state index < -0.39 is 0 Å². The molecule has 1 aliphatic carbocycles. The van der Waals surface area contributed by atoms with Crippen LogP contribution in [0.4, 0.5) is 4.39 Å². The number of hydrogen-bond donors (Lipinski definition) is 1. The maximum atomic E-state index is 13.0. The molecule has 2 unspecified atom stereocenters. The van der Waals surface area contributed by atoms with Crippen molar-refractivity contribution in [1.82, 2.24) is 0 Å². The van der Waals surface area contributed by atoms with Gasteiger partial charge in [-0.05, 0) is 37.0 Å². The van der Waals surface area contributed by atoms with E-state index in [1.165, 1.54) is 12.1 Å². The molecule has 1 aromatic rings. The van der Waals surface area contributed by atoms with Gasteiger partial charge in [0.1, 0.15) is 5.82 Å². The van der Waals surface area contributed by atoms with Crippen molar-refractivity contribution >= 4 is 11.6 Å². The smallest absolute Gasteiger partial charge is 0.123 e. The fourth-order valence-electron chi connectivity index (χ4n) is 2.14. The molecule has 2 nitrogen and oxygen atoms in total. The Hall–Kier alpha value is -0.640. The highest BCUT2D eigenvalue weighted by atomic mass is 35.5. The zero-order valence-electron chi connectivity index (χ0n) is 9.61. The molecule has 0 bridgehead atoms. The molecular formula is C13H17ClFNO. The lowest BCUT2D eigenvalue weighted by Crippen LogP contribution is -2.38. The molecule has 4 heteroatoms. The molecule has 0 amide bonds. The summed E-state index contributed by atoms with van der Waals surface area (Å²) in [4.78, 5) is 0. The van der Waals surface area contributed by atoms with Crippen LogP contribution in [0.25, 0.3) is 0 Å². The quantitative estimate of drug-likeness (QED) is 0.845. The van der Waals surface area contributed by atoms with Gasteiger partial charge in [0.25, 0.3) is 0 Å². The van der Waals surface area contributed by atoms with Gasteiger partial charge in [-0.1, -0.05) is 12.1 Å². The van der Waals surface area contributed by atoms with Crippen LogP contribution in [0.2, 0.25) is 0 Å². The lowest BCUT2D eigenvalue weighted by atomic mass is 9.93. The number of benzene rings is 1. The number of ether oxygens (including phenoxy) is 1. The highest BCUT2D eigenvalue weighted by Crippen LogP contribution is 2.25. The number of rotatable bonds is 3. The molecule has 17 heavy (non-hydrogen) atoms. The van der Waals surface area contributed by atoms with Crippen LogP contribution in [0.1, 0.15) is 24.8 Å². The van der Waals surface area contributed by atoms with Gasteiger partial charge in [-0.3, -0.25) is 0 Å². The second-order valence-electron chi connectivity index (χ2n) is 4.57. The van der Waals surface area contributed by atoms with Crippen LogP contribution in [0, 0.1) is 5.82 Å². The van der Waals surface area contributed by atoms with Crippen molar-refractivity contribution in [1.29, 1.82) is 0 Å². The summed E-state index contributed by atoms with van der Waals surface area (Å²) in [5, 5.41) is -0.0349. The first kappa shape index (κ1) is 12.8. The number of hydrogen-bond acceptors (Lipinski definition) is 2. The van der Waals surface area contributed by atoms with Crippen LogP contribution in [-0.2, 0) is 11.3 Å². The normalized spacial score (nSPS) is 29.2. The predicted molar refractivity (Wildman–Crippen MR) is 66.4 cm³/mol. The topological polar surface area (TPSA) is 35.2 Å². The van der Waals surface area contributed by atoms with Crippen LogP contribution in [0.3, 0.4) is 0 Å². The van der Waals surface area contributed by atoms with E-state index in [0.29, 0.717) is 6.61 Å². The van der Waals surface area contributed by atoms with Crippen molar-refractivity contribution in [2.75, 3.05) is 0 Å². The molecular weight excluding hydrogens is 241 g/mol. The van der Waals surface area contributed by atoms with E-state index in [9.17, 15) is 4.39 Å². The van der Waals surface area contributed by atoms with Crippen LogP contribution in [0.15, 0.2) is 24.3 Å². The Morgan fingerprint density at radius 1 is 1.41 bits per heavy atom. The number of halogens is 2. The molecule has 94 valence electrons. The lowest BCUT2D eigenvalue weighted by Gasteiger charge is -2.30. The minimum atomic E-state index is -0.237. The summed E-state index contributed by atoms with van der Waals surface area (Å²) in [6.07, 6.45) is 2.64. The van der Waals surface area contributed by atoms with Gasteiger partial charge < -0.3 is 10.5 Å². The Morgan fingerprint density at radius 2 is 2.24 bits per heavy atom. The van der Waals surface area contributed by atoms with Crippen LogP contribution in [0.5, 0.6) is 0 Å². The second kappa shape index (κ2) is 5.80. The van der Waals surface area contributed by atoms with Crippen molar-refractivity contribution in [2.45, 2.75) is 43.4 Å². The third-order valence-corrected chi connectivity index (χ3v) is 3.57. The Labute approximate surface area is 106 Å². The first-order chi connectivity index (χ1) is 8.15. The molecule has 0 saturated heterocycles. The highest BCUT2D eigenvalue weighted by Gasteiger charge is 2.27. The van der Waals surface area contributed by atoms with Gasteiger partial charge in [-0.25, -0.2) is 4.39 Å². The van der Waals surface area contributed by atoms with Crippen LogP contribution < -0.4 is 5.73 Å². The molecule has 1 aromatic carbocycles. The molecule has 1 aliphatic rings. The standard InChI is InChI=1S/C13H17ClFNO/c14-12-7-11(16)4-5-13(12)17-8-9-2-1-3-10(15)6-9/h1-3,6,11-13H,4-5,7-8,16H2/t11-,12?,13?/m1/s1. The van der Waals surface area contributed by atoms with Gasteiger partial charge in [-0.15, -0.1) is 11.6 Å². The fourth-order valence-corrected chi connectivity index (χ4v) is 2.56. The highest BCUT2D eigenvalue weighted by molar-refractivity contribution is 6.21. The summed E-state index contributed by atoms with van der Waals surface area (Å²) in [5.41, 5.74) is 6.66. The zero-order chi connectivity index (χ0) is 12.3. The van der Waals surface area contributed by atoms with E-state index in [4.69, 9.17) is 22.1 Å². The maximum absolute atomic E-state index is 13.0. The Balaban J connectivity index is 1.86. The maximum Gasteiger partial charge on any atom is 0.123 e. The van der Waals surface area contributed by atoms with Gasteiger partial charge in [0, 0.05) is 6.04 Å². The largest absolute Gasteiger partial charge is 0.372 e. The monoisotopic (exact) mass is 257 g/mol. The fraction of sp³-hybridized carbons (Fsp3) is 0.538. The van der Waals surface area contributed by atoms with Crippen molar-refractivity contribution in [3.63, 3.8) is 0 Å². The number of nitrogens with two attached hydrogens (primary N) is 1. The Bertz CT molecular complexity index is 374. The zero-order valence-corrected chi connectivity index (χ0v) is 10.4. The van der Waals surface area contributed by atoms with Gasteiger partial charge in [-0.2, -0.15) is 0 Å². The van der Waals surface area contributed by atoms with Gasteiger partial charge in [0.15, 0.2) is 0 Å². The molecule has 0 heterocycles. The molecule has 0 aromatic heterocycles. The van der Waals surface area contributed by atoms with Crippen LogP contribution >= 0.6 is 11.6 Å². The minimum Gasteiger partial charge on any atom is -0.372 e. The summed E-state index contributed by atoms with van der Waals surface area (Å²) >= 11 is 6.20. The first-order valence-electron chi connectivity index (χ1n) is 5.91. The molecule has 2 rings (SSSR count). The average Bonchev–Trinajstić information content (AvgIpc) is 2.28. The van der Waals surface area contributed by atoms with E-state index in [2.05, 4.69) is 0 Å². The molecule has 1 fully saturated rings. The van der Waals surface area contributed by atoms with Gasteiger partial charge in [0.05, 0.1) is 18.1 Å². The number of alkyl halides is 1. The molecule has 1 saturated carbocycles. The lowest BCUT2D eigenvalue weighted by molar-refractivity contribution is 0.0167. The summed E-state index contributed by atoms with van der Waals surface area (Å²) in [5.74, 6) is -0.237. The third-order valence-electron chi connectivity index (χ3n) is 3.11. The van der Waals surface area contributed by atoms with Crippen LogP contribution in [-0.4, -0.2) is 17.5 Å². The van der Waals surface area contributed by atoms with Gasteiger partial charge in [0.2, 0.25) is 0 Å². The minimum absolute atomic E-state index is 0.0275.